The van der Waals surface area contributed by atoms with Gasteiger partial charge in [0.25, 0.3) is 0 Å². The summed E-state index contributed by atoms with van der Waals surface area (Å²) in [6.45, 7) is 4.26. The molecule has 2 aliphatic rings. The molecule has 148 valence electrons. The van der Waals surface area contributed by atoms with Crippen molar-refractivity contribution in [2.75, 3.05) is 33.0 Å². The molecule has 0 unspecified atom stereocenters. The monoisotopic (exact) mass is 390 g/mol. The van der Waals surface area contributed by atoms with Gasteiger partial charge in [-0.3, -0.25) is 9.69 Å². The summed E-state index contributed by atoms with van der Waals surface area (Å²) in [4.78, 5) is 16.8. The van der Waals surface area contributed by atoms with Crippen molar-refractivity contribution in [2.45, 2.75) is 6.54 Å². The van der Waals surface area contributed by atoms with E-state index in [-0.39, 0.29) is 5.91 Å². The molecule has 6 heteroatoms. The maximum absolute atomic E-state index is 12.5. The second-order valence-corrected chi connectivity index (χ2v) is 7.31. The summed E-state index contributed by atoms with van der Waals surface area (Å²) in [5.41, 5.74) is 2.02. The van der Waals surface area contributed by atoms with Crippen LogP contribution < -0.4 is 9.47 Å². The number of carbonyl (C=O) groups is 1. The minimum absolute atomic E-state index is 0.0215. The normalized spacial score (nSPS) is 16.8. The molecule has 0 atom stereocenters. The van der Waals surface area contributed by atoms with E-state index in [0.717, 1.165) is 42.1 Å². The molecular formula is C23H22N2O4. The molecule has 0 bridgehead atoms. The van der Waals surface area contributed by atoms with Gasteiger partial charge in [0.1, 0.15) is 11.3 Å². The Morgan fingerprint density at radius 1 is 0.966 bits per heavy atom. The Hall–Kier alpha value is -3.25. The van der Waals surface area contributed by atoms with E-state index in [1.165, 1.54) is 5.56 Å². The van der Waals surface area contributed by atoms with E-state index in [1.54, 1.807) is 12.2 Å². The van der Waals surface area contributed by atoms with Crippen molar-refractivity contribution in [1.29, 1.82) is 0 Å². The number of carbonyl (C=O) groups excluding carboxylic acids is 1. The van der Waals surface area contributed by atoms with Crippen LogP contribution in [0.25, 0.3) is 17.0 Å². The topological polar surface area (TPSA) is 55.2 Å². The molecular weight excluding hydrogens is 368 g/mol. The summed E-state index contributed by atoms with van der Waals surface area (Å²) in [5.74, 6) is 2.33. The number of hydrogen-bond acceptors (Lipinski definition) is 5. The first-order chi connectivity index (χ1) is 14.2. The predicted molar refractivity (Wildman–Crippen MR) is 110 cm³/mol. The summed E-state index contributed by atoms with van der Waals surface area (Å²) in [7, 11) is 0. The second-order valence-electron chi connectivity index (χ2n) is 7.31. The lowest BCUT2D eigenvalue weighted by Gasteiger charge is -2.34. The van der Waals surface area contributed by atoms with Gasteiger partial charge in [-0.25, -0.2) is 0 Å². The van der Waals surface area contributed by atoms with E-state index in [4.69, 9.17) is 13.9 Å². The number of para-hydroxylation sites is 1. The van der Waals surface area contributed by atoms with Crippen LogP contribution in [0.15, 0.2) is 59.0 Å². The van der Waals surface area contributed by atoms with Crippen molar-refractivity contribution in [3.63, 3.8) is 0 Å². The van der Waals surface area contributed by atoms with Gasteiger partial charge in [0, 0.05) is 44.2 Å². The third-order valence-corrected chi connectivity index (χ3v) is 5.36. The molecule has 0 N–H and O–H groups in total. The van der Waals surface area contributed by atoms with Gasteiger partial charge in [-0.1, -0.05) is 24.3 Å². The minimum Gasteiger partial charge on any atom is -0.457 e. The number of piperazine rings is 1. The zero-order valence-corrected chi connectivity index (χ0v) is 16.0. The van der Waals surface area contributed by atoms with E-state index in [0.29, 0.717) is 25.6 Å². The number of ether oxygens (including phenoxy) is 2. The smallest absolute Gasteiger partial charge is 0.246 e. The number of rotatable bonds is 4. The molecule has 3 aromatic rings. The van der Waals surface area contributed by atoms with E-state index >= 15 is 0 Å². The largest absolute Gasteiger partial charge is 0.457 e. The van der Waals surface area contributed by atoms with Crippen LogP contribution in [-0.4, -0.2) is 48.7 Å². The van der Waals surface area contributed by atoms with Gasteiger partial charge >= 0.3 is 0 Å². The molecule has 0 saturated carbocycles. The molecule has 1 aromatic heterocycles. The summed E-state index contributed by atoms with van der Waals surface area (Å²) in [6, 6.07) is 15.8. The van der Waals surface area contributed by atoms with E-state index < -0.39 is 0 Å². The maximum atomic E-state index is 12.5. The molecule has 1 fully saturated rings. The minimum atomic E-state index is 0.0215. The zero-order chi connectivity index (χ0) is 19.6. The van der Waals surface area contributed by atoms with Crippen molar-refractivity contribution in [3.05, 3.63) is 65.9 Å². The first kappa shape index (κ1) is 17.8. The highest BCUT2D eigenvalue weighted by atomic mass is 16.7. The van der Waals surface area contributed by atoms with Gasteiger partial charge in [0.05, 0.1) is 0 Å². The lowest BCUT2D eigenvalue weighted by atomic mass is 10.1. The number of furan rings is 1. The van der Waals surface area contributed by atoms with Gasteiger partial charge in [0.2, 0.25) is 12.7 Å². The molecule has 0 radical (unpaired) electrons. The Morgan fingerprint density at radius 3 is 2.66 bits per heavy atom. The third kappa shape index (κ3) is 3.84. The Bertz CT molecular complexity index is 1030. The quantitative estimate of drug-likeness (QED) is 0.638. The van der Waals surface area contributed by atoms with E-state index in [9.17, 15) is 4.79 Å². The zero-order valence-electron chi connectivity index (χ0n) is 16.0. The third-order valence-electron chi connectivity index (χ3n) is 5.36. The molecule has 1 saturated heterocycles. The standard InChI is InChI=1S/C23H22N2O4/c26-23(8-6-19-14-18-3-1-2-4-20(18)29-19)25-11-9-24(10-12-25)15-17-5-7-21-22(13-17)28-16-27-21/h1-8,13-14H,9-12,15-16H2/b8-6+. The summed E-state index contributed by atoms with van der Waals surface area (Å²) in [5, 5.41) is 1.04. The number of amides is 1. The average molecular weight is 390 g/mol. The number of nitrogens with zero attached hydrogens (tertiary/aromatic N) is 2. The Labute approximate surface area is 168 Å². The fraction of sp³-hybridized carbons (Fsp3) is 0.261. The number of fused-ring (bicyclic) bond motifs is 2. The summed E-state index contributed by atoms with van der Waals surface area (Å²) in [6.07, 6.45) is 3.35. The number of hydrogen-bond donors (Lipinski definition) is 0. The molecule has 2 aliphatic heterocycles. The second kappa shape index (κ2) is 7.64. The summed E-state index contributed by atoms with van der Waals surface area (Å²) < 4.78 is 16.5. The fourth-order valence-corrected chi connectivity index (χ4v) is 3.77. The highest BCUT2D eigenvalue weighted by Gasteiger charge is 2.21. The van der Waals surface area contributed by atoms with Crippen molar-refractivity contribution >= 4 is 23.0 Å². The highest BCUT2D eigenvalue weighted by Crippen LogP contribution is 2.32. The molecule has 1 amide bonds. The van der Waals surface area contributed by atoms with Gasteiger partial charge in [-0.05, 0) is 35.9 Å². The lowest BCUT2D eigenvalue weighted by molar-refractivity contribution is -0.127. The van der Waals surface area contributed by atoms with E-state index in [2.05, 4.69) is 11.0 Å². The van der Waals surface area contributed by atoms with Gasteiger partial charge < -0.3 is 18.8 Å². The fourth-order valence-electron chi connectivity index (χ4n) is 3.77. The Morgan fingerprint density at radius 2 is 1.79 bits per heavy atom. The Balaban J connectivity index is 1.15. The molecule has 0 spiro atoms. The number of benzene rings is 2. The molecule has 6 nitrogen and oxygen atoms in total. The lowest BCUT2D eigenvalue weighted by Crippen LogP contribution is -2.47. The Kier molecular flexibility index (Phi) is 4.69. The summed E-state index contributed by atoms with van der Waals surface area (Å²) >= 11 is 0. The van der Waals surface area contributed by atoms with Crippen LogP contribution in [0.4, 0.5) is 0 Å². The molecule has 0 aliphatic carbocycles. The van der Waals surface area contributed by atoms with Crippen molar-refractivity contribution in [3.8, 4) is 11.5 Å². The molecule has 29 heavy (non-hydrogen) atoms. The van der Waals surface area contributed by atoms with Gasteiger partial charge in [0.15, 0.2) is 11.5 Å². The van der Waals surface area contributed by atoms with Gasteiger partial charge in [-0.15, -0.1) is 0 Å². The molecule has 5 rings (SSSR count). The maximum Gasteiger partial charge on any atom is 0.246 e. The molecule has 3 heterocycles. The predicted octanol–water partition coefficient (Wildman–Crippen LogP) is 3.52. The highest BCUT2D eigenvalue weighted by molar-refractivity contribution is 5.92. The van der Waals surface area contributed by atoms with Crippen molar-refractivity contribution < 1.29 is 18.7 Å². The van der Waals surface area contributed by atoms with Crippen LogP contribution in [0.2, 0.25) is 0 Å². The van der Waals surface area contributed by atoms with Crippen molar-refractivity contribution in [1.82, 2.24) is 9.80 Å². The van der Waals surface area contributed by atoms with Crippen LogP contribution in [0, 0.1) is 0 Å². The first-order valence-electron chi connectivity index (χ1n) is 9.81. The first-order valence-corrected chi connectivity index (χ1v) is 9.81. The van der Waals surface area contributed by atoms with Crippen LogP contribution in [0.5, 0.6) is 11.5 Å². The van der Waals surface area contributed by atoms with Crippen LogP contribution >= 0.6 is 0 Å². The van der Waals surface area contributed by atoms with Crippen LogP contribution in [-0.2, 0) is 11.3 Å². The van der Waals surface area contributed by atoms with Gasteiger partial charge in [-0.2, -0.15) is 0 Å². The SMILES string of the molecule is O=C(/C=C/c1cc2ccccc2o1)N1CCN(Cc2ccc3c(c2)OCO3)CC1. The van der Waals surface area contributed by atoms with Crippen LogP contribution in [0.3, 0.4) is 0 Å². The average Bonchev–Trinajstić information content (AvgIpc) is 3.38. The van der Waals surface area contributed by atoms with Crippen LogP contribution in [0.1, 0.15) is 11.3 Å². The van der Waals surface area contributed by atoms with E-state index in [1.807, 2.05) is 47.4 Å². The molecule has 2 aromatic carbocycles. The van der Waals surface area contributed by atoms with Crippen molar-refractivity contribution in [2.24, 2.45) is 0 Å².